The van der Waals surface area contributed by atoms with Crippen molar-refractivity contribution in [3.63, 3.8) is 0 Å². The van der Waals surface area contributed by atoms with Gasteiger partial charge in [0, 0.05) is 31.1 Å². The number of nitrogens with zero attached hydrogens (tertiary/aromatic N) is 5. The number of amides is 1. The molecule has 8 heteroatoms. The molecule has 1 fully saturated rings. The normalized spacial score (nSPS) is 15.2. The molecule has 0 bridgehead atoms. The van der Waals surface area contributed by atoms with Gasteiger partial charge in [-0.2, -0.15) is 10.2 Å². The van der Waals surface area contributed by atoms with Gasteiger partial charge in [-0.25, -0.2) is 4.68 Å². The molecular formula is C20H23ClN6O. The lowest BCUT2D eigenvalue weighted by Crippen LogP contribution is -2.40. The molecule has 0 spiro atoms. The largest absolute Gasteiger partial charge is 0.359 e. The van der Waals surface area contributed by atoms with E-state index in [2.05, 4.69) is 20.4 Å². The summed E-state index contributed by atoms with van der Waals surface area (Å²) in [7, 11) is 1.69. The van der Waals surface area contributed by atoms with Crippen molar-refractivity contribution in [2.45, 2.75) is 26.7 Å². The second-order valence-electron chi connectivity index (χ2n) is 7.18. The highest BCUT2D eigenvalue weighted by Crippen LogP contribution is 2.31. The van der Waals surface area contributed by atoms with Crippen LogP contribution in [0.2, 0.25) is 5.02 Å². The van der Waals surface area contributed by atoms with Crippen LogP contribution in [0.25, 0.3) is 16.6 Å². The lowest BCUT2D eigenvalue weighted by Gasteiger charge is -2.31. The molecule has 3 heterocycles. The van der Waals surface area contributed by atoms with Crippen LogP contribution in [0.3, 0.4) is 0 Å². The molecule has 2 aromatic heterocycles. The summed E-state index contributed by atoms with van der Waals surface area (Å²) < 4.78 is 1.91. The first-order chi connectivity index (χ1) is 13.5. The zero-order chi connectivity index (χ0) is 19.8. The quantitative estimate of drug-likeness (QED) is 0.733. The summed E-state index contributed by atoms with van der Waals surface area (Å²) in [6.45, 7) is 5.52. The number of hydrogen-bond donors (Lipinski definition) is 1. The van der Waals surface area contributed by atoms with E-state index in [9.17, 15) is 4.79 Å². The summed E-state index contributed by atoms with van der Waals surface area (Å²) in [6, 6.07) is 7.62. The van der Waals surface area contributed by atoms with E-state index >= 15 is 0 Å². The summed E-state index contributed by atoms with van der Waals surface area (Å²) >= 11 is 6.03. The number of anilines is 1. The van der Waals surface area contributed by atoms with E-state index in [1.807, 2.05) is 42.8 Å². The Morgan fingerprint density at radius 3 is 2.46 bits per heavy atom. The average Bonchev–Trinajstić information content (AvgIpc) is 3.06. The van der Waals surface area contributed by atoms with Gasteiger partial charge in [-0.3, -0.25) is 4.79 Å². The van der Waals surface area contributed by atoms with Crippen molar-refractivity contribution >= 4 is 34.2 Å². The number of hydrogen-bond acceptors (Lipinski definition) is 5. The van der Waals surface area contributed by atoms with Crippen molar-refractivity contribution in [2.24, 2.45) is 5.92 Å². The fourth-order valence-corrected chi connectivity index (χ4v) is 4.04. The third-order valence-electron chi connectivity index (χ3n) is 5.47. The highest BCUT2D eigenvalue weighted by molar-refractivity contribution is 6.30. The summed E-state index contributed by atoms with van der Waals surface area (Å²) in [5.41, 5.74) is 3.67. The molecule has 28 heavy (non-hydrogen) atoms. The molecule has 4 rings (SSSR count). The molecule has 1 saturated heterocycles. The molecule has 1 amide bonds. The predicted molar refractivity (Wildman–Crippen MR) is 110 cm³/mol. The number of rotatable bonds is 3. The lowest BCUT2D eigenvalue weighted by molar-refractivity contribution is -0.125. The van der Waals surface area contributed by atoms with Crippen LogP contribution in [0.1, 0.15) is 24.2 Å². The van der Waals surface area contributed by atoms with Crippen molar-refractivity contribution in [1.82, 2.24) is 25.3 Å². The summed E-state index contributed by atoms with van der Waals surface area (Å²) in [5.74, 6) is 0.956. The topological polar surface area (TPSA) is 75.9 Å². The Balaban J connectivity index is 1.73. The third-order valence-corrected chi connectivity index (χ3v) is 5.72. The number of aryl methyl sites for hydroxylation is 2. The minimum absolute atomic E-state index is 0.0588. The first-order valence-electron chi connectivity index (χ1n) is 9.44. The minimum atomic E-state index is 0.0588. The van der Waals surface area contributed by atoms with Crippen LogP contribution in [-0.2, 0) is 4.79 Å². The van der Waals surface area contributed by atoms with Gasteiger partial charge in [-0.05, 0) is 51.0 Å². The number of carbonyl (C=O) groups is 1. The molecule has 0 saturated carbocycles. The maximum atomic E-state index is 11.9. The van der Waals surface area contributed by atoms with E-state index in [4.69, 9.17) is 16.7 Å². The van der Waals surface area contributed by atoms with Crippen molar-refractivity contribution in [3.05, 3.63) is 40.7 Å². The number of aromatic nitrogens is 4. The number of nitrogens with one attached hydrogen (secondary N) is 1. The Morgan fingerprint density at radius 2 is 1.82 bits per heavy atom. The van der Waals surface area contributed by atoms with Crippen LogP contribution < -0.4 is 10.2 Å². The van der Waals surface area contributed by atoms with Crippen LogP contribution >= 0.6 is 11.6 Å². The standard InChI is InChI=1S/C20H23ClN6O/c1-12-17-13(2)27(16-6-4-15(21)5-7-16)25-18(17)19(24-23-12)26-10-8-14(9-11-26)20(28)22-3/h4-7,14H,8-11H2,1-3H3,(H,22,28). The number of benzene rings is 1. The Kier molecular flexibility index (Phi) is 4.93. The van der Waals surface area contributed by atoms with Gasteiger partial charge in [0.25, 0.3) is 0 Å². The smallest absolute Gasteiger partial charge is 0.222 e. The van der Waals surface area contributed by atoms with Gasteiger partial charge < -0.3 is 10.2 Å². The Bertz CT molecular complexity index is 1020. The summed E-state index contributed by atoms with van der Waals surface area (Å²) in [5, 5.41) is 18.2. The molecule has 1 aliphatic rings. The van der Waals surface area contributed by atoms with Gasteiger partial charge in [0.05, 0.1) is 22.5 Å². The fourth-order valence-electron chi connectivity index (χ4n) is 3.92. The summed E-state index contributed by atoms with van der Waals surface area (Å²) in [4.78, 5) is 14.1. The van der Waals surface area contributed by atoms with Crippen molar-refractivity contribution in [2.75, 3.05) is 25.0 Å². The number of fused-ring (bicyclic) bond motifs is 1. The molecule has 7 nitrogen and oxygen atoms in total. The van der Waals surface area contributed by atoms with Crippen molar-refractivity contribution in [3.8, 4) is 5.69 Å². The highest BCUT2D eigenvalue weighted by atomic mass is 35.5. The molecule has 0 aliphatic carbocycles. The predicted octanol–water partition coefficient (Wildman–Crippen LogP) is 3.05. The molecule has 3 aromatic rings. The Morgan fingerprint density at radius 1 is 1.14 bits per heavy atom. The Hall–Kier alpha value is -2.67. The highest BCUT2D eigenvalue weighted by Gasteiger charge is 2.27. The maximum absolute atomic E-state index is 11.9. The first kappa shape index (κ1) is 18.7. The van der Waals surface area contributed by atoms with Crippen LogP contribution in [0.15, 0.2) is 24.3 Å². The van der Waals surface area contributed by atoms with Crippen molar-refractivity contribution in [1.29, 1.82) is 0 Å². The van der Waals surface area contributed by atoms with Gasteiger partial charge in [-0.1, -0.05) is 11.6 Å². The zero-order valence-electron chi connectivity index (χ0n) is 16.2. The van der Waals surface area contributed by atoms with E-state index in [1.165, 1.54) is 0 Å². The summed E-state index contributed by atoms with van der Waals surface area (Å²) in [6.07, 6.45) is 1.60. The van der Waals surface area contributed by atoms with Crippen LogP contribution in [0.4, 0.5) is 5.82 Å². The van der Waals surface area contributed by atoms with Crippen molar-refractivity contribution < 1.29 is 4.79 Å². The molecular weight excluding hydrogens is 376 g/mol. The zero-order valence-corrected chi connectivity index (χ0v) is 17.0. The first-order valence-corrected chi connectivity index (χ1v) is 9.82. The molecule has 1 aromatic carbocycles. The van der Waals surface area contributed by atoms with Crippen LogP contribution in [0.5, 0.6) is 0 Å². The number of halogens is 1. The lowest BCUT2D eigenvalue weighted by atomic mass is 9.96. The maximum Gasteiger partial charge on any atom is 0.222 e. The fraction of sp³-hybridized carbons (Fsp3) is 0.400. The molecule has 0 radical (unpaired) electrons. The molecule has 0 atom stereocenters. The average molecular weight is 399 g/mol. The second-order valence-corrected chi connectivity index (χ2v) is 7.62. The van der Waals surface area contributed by atoms with Crippen LogP contribution in [-0.4, -0.2) is 46.0 Å². The minimum Gasteiger partial charge on any atom is -0.359 e. The van der Waals surface area contributed by atoms with E-state index in [0.717, 1.165) is 59.7 Å². The van der Waals surface area contributed by atoms with E-state index < -0.39 is 0 Å². The number of carbonyl (C=O) groups excluding carboxylic acids is 1. The van der Waals surface area contributed by atoms with Crippen LogP contribution in [0, 0.1) is 19.8 Å². The van der Waals surface area contributed by atoms with Gasteiger partial charge in [0.1, 0.15) is 5.52 Å². The third kappa shape index (κ3) is 3.20. The Labute approximate surface area is 168 Å². The monoisotopic (exact) mass is 398 g/mol. The van der Waals surface area contributed by atoms with Gasteiger partial charge in [0.15, 0.2) is 5.82 Å². The van der Waals surface area contributed by atoms with Gasteiger partial charge >= 0.3 is 0 Å². The van der Waals surface area contributed by atoms with E-state index in [1.54, 1.807) is 7.05 Å². The molecule has 146 valence electrons. The molecule has 1 N–H and O–H groups in total. The number of piperidine rings is 1. The van der Waals surface area contributed by atoms with E-state index in [-0.39, 0.29) is 11.8 Å². The van der Waals surface area contributed by atoms with Gasteiger partial charge in [0.2, 0.25) is 5.91 Å². The molecule has 0 unspecified atom stereocenters. The second kappa shape index (κ2) is 7.39. The SMILES string of the molecule is CNC(=O)C1CCN(c2nnc(C)c3c(C)n(-c4ccc(Cl)cc4)nc23)CC1. The molecule has 1 aliphatic heterocycles. The van der Waals surface area contributed by atoms with Gasteiger partial charge in [-0.15, -0.1) is 5.10 Å². The van der Waals surface area contributed by atoms with E-state index in [0.29, 0.717) is 5.02 Å².